The number of hydrogen-bond donors (Lipinski definition) is 1. The Balaban J connectivity index is 1.96. The third kappa shape index (κ3) is 5.09. The second-order valence-electron chi connectivity index (χ2n) is 8.08. The van der Waals surface area contributed by atoms with E-state index in [2.05, 4.69) is 35.5 Å². The van der Waals surface area contributed by atoms with Gasteiger partial charge in [0, 0.05) is 18.8 Å². The normalized spacial score (nSPS) is 12.2. The minimum absolute atomic E-state index is 0.00246. The third-order valence-corrected chi connectivity index (χ3v) is 6.31. The van der Waals surface area contributed by atoms with Crippen LogP contribution in [0.25, 0.3) is 0 Å². The first-order valence-corrected chi connectivity index (χ1v) is 11.3. The number of anilines is 2. The van der Waals surface area contributed by atoms with Gasteiger partial charge in [-0.25, -0.2) is 14.7 Å². The molecule has 2 aromatic carbocycles. The Kier molecular flexibility index (Phi) is 7.18. The quantitative estimate of drug-likeness (QED) is 0.416. The Hall–Kier alpha value is -2.94. The topological polar surface area (TPSA) is 98.2 Å². The molecule has 1 N–H and O–H groups in total. The molecule has 1 atom stereocenters. The van der Waals surface area contributed by atoms with Gasteiger partial charge in [-0.1, -0.05) is 44.5 Å². The minimum atomic E-state index is -1.68. The molecule has 1 unspecified atom stereocenters. The summed E-state index contributed by atoms with van der Waals surface area (Å²) < 4.78 is 15.9. The summed E-state index contributed by atoms with van der Waals surface area (Å²) in [5.41, 5.74) is 1.31. The average molecular weight is 471 g/mol. The zero-order valence-electron chi connectivity index (χ0n) is 18.1. The number of halogens is 1. The van der Waals surface area contributed by atoms with Crippen molar-refractivity contribution in [2.75, 3.05) is 16.7 Å². The number of carbonyl (C=O) groups is 2. The van der Waals surface area contributed by atoms with Gasteiger partial charge in [-0.3, -0.25) is 14.5 Å². The molecule has 0 fully saturated rings. The van der Waals surface area contributed by atoms with E-state index >= 15 is 0 Å². The summed E-state index contributed by atoms with van der Waals surface area (Å²) in [6, 6.07) is 12.0. The molecule has 3 rings (SSSR count). The van der Waals surface area contributed by atoms with Crippen molar-refractivity contribution in [1.82, 2.24) is 9.97 Å². The molecule has 0 aliphatic carbocycles. The number of hydrogen-bond acceptors (Lipinski definition) is 6. The summed E-state index contributed by atoms with van der Waals surface area (Å²) in [6.45, 7) is 6.29. The average Bonchev–Trinajstić information content (AvgIpc) is 2.79. The van der Waals surface area contributed by atoms with Crippen LogP contribution < -0.4 is 9.62 Å². The fourth-order valence-electron chi connectivity index (χ4n) is 3.02. The van der Waals surface area contributed by atoms with E-state index < -0.39 is 17.3 Å². The molecule has 9 heteroatoms. The van der Waals surface area contributed by atoms with Crippen molar-refractivity contribution < 1.29 is 14.1 Å². The van der Waals surface area contributed by atoms with Gasteiger partial charge in [0.05, 0.1) is 16.3 Å². The van der Waals surface area contributed by atoms with Gasteiger partial charge in [0.1, 0.15) is 23.5 Å². The number of aldehydes is 1. The van der Waals surface area contributed by atoms with Crippen LogP contribution >= 0.6 is 11.6 Å². The van der Waals surface area contributed by atoms with E-state index in [1.54, 1.807) is 18.2 Å². The molecular weight excluding hydrogens is 448 g/mol. The van der Waals surface area contributed by atoms with Crippen LogP contribution in [0.3, 0.4) is 0 Å². The van der Waals surface area contributed by atoms with Gasteiger partial charge in [0.2, 0.25) is 0 Å². The largest absolute Gasteiger partial charge is 0.588 e. The molecule has 3 aromatic rings. The Morgan fingerprint density at radius 2 is 1.84 bits per heavy atom. The lowest BCUT2D eigenvalue weighted by atomic mass is 9.87. The summed E-state index contributed by atoms with van der Waals surface area (Å²) in [5, 5.41) is 0.116. The van der Waals surface area contributed by atoms with Gasteiger partial charge < -0.3 is 4.55 Å². The Morgan fingerprint density at radius 1 is 1.16 bits per heavy atom. The van der Waals surface area contributed by atoms with Crippen LogP contribution in [-0.4, -0.2) is 33.8 Å². The van der Waals surface area contributed by atoms with Crippen LogP contribution in [0.1, 0.15) is 47.1 Å². The number of nitrogens with zero attached hydrogens (tertiary/aromatic N) is 3. The highest BCUT2D eigenvalue weighted by molar-refractivity contribution is 7.92. The summed E-state index contributed by atoms with van der Waals surface area (Å²) >= 11 is 4.50. The van der Waals surface area contributed by atoms with E-state index in [9.17, 15) is 14.1 Å². The summed E-state index contributed by atoms with van der Waals surface area (Å²) in [4.78, 5) is 34.7. The zero-order chi connectivity index (χ0) is 23.5. The second-order valence-corrected chi connectivity index (χ2v) is 9.70. The first kappa shape index (κ1) is 23.7. The van der Waals surface area contributed by atoms with Gasteiger partial charge in [0.15, 0.2) is 11.2 Å². The number of amides is 1. The number of nitrogens with one attached hydrogen (secondary N) is 1. The van der Waals surface area contributed by atoms with E-state index in [1.165, 1.54) is 36.6 Å². The molecule has 0 aliphatic heterocycles. The van der Waals surface area contributed by atoms with Crippen LogP contribution in [0.5, 0.6) is 0 Å². The summed E-state index contributed by atoms with van der Waals surface area (Å²) in [6.07, 6.45) is 3.32. The van der Waals surface area contributed by atoms with Gasteiger partial charge in [-0.05, 0) is 41.3 Å². The van der Waals surface area contributed by atoms with Crippen LogP contribution in [0, 0.1) is 0 Å². The number of rotatable bonds is 6. The Morgan fingerprint density at radius 3 is 2.41 bits per heavy atom. The molecule has 32 heavy (non-hydrogen) atoms. The second kappa shape index (κ2) is 9.68. The van der Waals surface area contributed by atoms with E-state index in [0.29, 0.717) is 17.0 Å². The van der Waals surface area contributed by atoms with Gasteiger partial charge in [-0.15, -0.1) is 0 Å². The van der Waals surface area contributed by atoms with Crippen molar-refractivity contribution in [3.8, 4) is 0 Å². The maximum absolute atomic E-state index is 13.3. The monoisotopic (exact) mass is 470 g/mol. The molecule has 7 nitrogen and oxygen atoms in total. The minimum Gasteiger partial charge on any atom is -0.588 e. The number of benzene rings is 2. The van der Waals surface area contributed by atoms with Crippen molar-refractivity contribution in [3.05, 3.63) is 76.7 Å². The van der Waals surface area contributed by atoms with Crippen molar-refractivity contribution in [2.24, 2.45) is 0 Å². The first-order chi connectivity index (χ1) is 15.1. The summed E-state index contributed by atoms with van der Waals surface area (Å²) in [5.74, 6) is -0.192. The SMILES string of the molecule is CN(C(=O)c1c(N[S+]([O-])c2ccc(C(C)(C)C)cc2)ccc(Cl)c1C=O)c1ccncn1. The number of aromatic nitrogens is 2. The molecule has 0 radical (unpaired) electrons. The van der Waals surface area contributed by atoms with E-state index in [0.717, 1.165) is 5.56 Å². The van der Waals surface area contributed by atoms with E-state index in [4.69, 9.17) is 11.6 Å². The highest BCUT2D eigenvalue weighted by Crippen LogP contribution is 2.30. The molecule has 1 aromatic heterocycles. The van der Waals surface area contributed by atoms with Crippen LogP contribution in [-0.2, 0) is 16.8 Å². The van der Waals surface area contributed by atoms with Crippen LogP contribution in [0.2, 0.25) is 5.02 Å². The highest BCUT2D eigenvalue weighted by atomic mass is 35.5. The summed E-state index contributed by atoms with van der Waals surface area (Å²) in [7, 11) is 1.52. The smallest absolute Gasteiger partial charge is 0.262 e. The van der Waals surface area contributed by atoms with Crippen LogP contribution in [0.15, 0.2) is 59.9 Å². The van der Waals surface area contributed by atoms with Crippen molar-refractivity contribution in [2.45, 2.75) is 31.1 Å². The molecule has 0 aliphatic rings. The predicted molar refractivity (Wildman–Crippen MR) is 127 cm³/mol. The fourth-order valence-corrected chi connectivity index (χ4v) is 4.09. The molecule has 0 bridgehead atoms. The molecule has 1 amide bonds. The molecular formula is C23H23ClN4O3S. The molecule has 1 heterocycles. The predicted octanol–water partition coefficient (Wildman–Crippen LogP) is 4.65. The fraction of sp³-hybridized carbons (Fsp3) is 0.217. The molecule has 166 valence electrons. The van der Waals surface area contributed by atoms with Gasteiger partial charge >= 0.3 is 0 Å². The van der Waals surface area contributed by atoms with E-state index in [1.807, 2.05) is 12.1 Å². The zero-order valence-corrected chi connectivity index (χ0v) is 19.7. The van der Waals surface area contributed by atoms with Gasteiger partial charge in [-0.2, -0.15) is 0 Å². The lowest BCUT2D eigenvalue weighted by Gasteiger charge is -2.21. The number of carbonyl (C=O) groups excluding carboxylic acids is 2. The van der Waals surface area contributed by atoms with Crippen molar-refractivity contribution in [1.29, 1.82) is 0 Å². The lowest BCUT2D eigenvalue weighted by Crippen LogP contribution is -2.29. The van der Waals surface area contributed by atoms with Crippen molar-refractivity contribution in [3.63, 3.8) is 0 Å². The lowest BCUT2D eigenvalue weighted by molar-refractivity contribution is 0.0986. The third-order valence-electron chi connectivity index (χ3n) is 4.88. The van der Waals surface area contributed by atoms with E-state index in [-0.39, 0.29) is 27.3 Å². The molecule has 0 spiro atoms. The maximum atomic E-state index is 13.3. The maximum Gasteiger partial charge on any atom is 0.262 e. The Labute approximate surface area is 195 Å². The molecule has 0 saturated carbocycles. The van der Waals surface area contributed by atoms with Crippen LogP contribution in [0.4, 0.5) is 11.5 Å². The van der Waals surface area contributed by atoms with Gasteiger partial charge in [0.25, 0.3) is 5.91 Å². The molecule has 0 saturated heterocycles. The standard InChI is InChI=1S/C23H23ClN4O3S/c1-23(2,3)15-5-7-16(8-6-15)32(31)27-19-10-9-18(24)17(13-29)21(19)22(30)28(4)20-11-12-25-14-26-20/h5-14,27H,1-4H3. The Bertz CT molecular complexity index is 1120. The van der Waals surface area contributed by atoms with Crippen molar-refractivity contribution >= 4 is 46.7 Å². The first-order valence-electron chi connectivity index (χ1n) is 9.74. The highest BCUT2D eigenvalue weighted by Gasteiger charge is 2.26.